The number of hydrogen-bond donors (Lipinski definition) is 2. The van der Waals surface area contributed by atoms with Gasteiger partial charge in [0.05, 0.1) is 13.7 Å². The highest BCUT2D eigenvalue weighted by molar-refractivity contribution is 5.82. The first-order valence-electron chi connectivity index (χ1n) is 9.02. The fraction of sp³-hybridized carbons (Fsp3) is 0.650. The van der Waals surface area contributed by atoms with Gasteiger partial charge < -0.3 is 20.1 Å². The van der Waals surface area contributed by atoms with Gasteiger partial charge >= 0.3 is 0 Å². The fourth-order valence-electron chi connectivity index (χ4n) is 3.55. The average Bonchev–Trinajstić information content (AvgIpc) is 2.61. The number of amides is 1. The summed E-state index contributed by atoms with van der Waals surface area (Å²) in [4.78, 5) is 12.8. The minimum absolute atomic E-state index is 0.0379. The van der Waals surface area contributed by atoms with E-state index in [4.69, 9.17) is 9.47 Å². The Balaban J connectivity index is 2.00. The maximum Gasteiger partial charge on any atom is 0.226 e. The molecule has 0 bridgehead atoms. The summed E-state index contributed by atoms with van der Waals surface area (Å²) in [6.07, 6.45) is 2.68. The van der Waals surface area contributed by atoms with Crippen LogP contribution in [0.4, 0.5) is 0 Å². The smallest absolute Gasteiger partial charge is 0.226 e. The lowest BCUT2D eigenvalue weighted by molar-refractivity contribution is -0.130. The number of methoxy groups -OCH3 is 2. The van der Waals surface area contributed by atoms with Crippen LogP contribution in [0.3, 0.4) is 0 Å². The van der Waals surface area contributed by atoms with Gasteiger partial charge in [0.15, 0.2) is 0 Å². The summed E-state index contributed by atoms with van der Waals surface area (Å²) in [5, 5.41) is 6.57. The molecule has 0 spiro atoms. The number of piperidine rings is 1. The molecule has 0 atom stereocenters. The lowest BCUT2D eigenvalue weighted by Gasteiger charge is -2.38. The number of carbonyl (C=O) groups is 1. The van der Waals surface area contributed by atoms with Crippen LogP contribution in [0.2, 0.25) is 0 Å². The normalized spacial score (nSPS) is 17.1. The van der Waals surface area contributed by atoms with Crippen LogP contribution < -0.4 is 15.4 Å². The maximum absolute atomic E-state index is 12.8. The third-order valence-electron chi connectivity index (χ3n) is 5.18. The van der Waals surface area contributed by atoms with E-state index in [1.54, 1.807) is 14.2 Å². The molecule has 5 heteroatoms. The predicted octanol–water partition coefficient (Wildman–Crippen LogP) is 2.40. The maximum atomic E-state index is 12.8. The molecule has 0 unspecified atom stereocenters. The zero-order valence-corrected chi connectivity index (χ0v) is 16.0. The summed E-state index contributed by atoms with van der Waals surface area (Å²) in [6, 6.07) is 7.88. The van der Waals surface area contributed by atoms with E-state index in [0.29, 0.717) is 19.6 Å². The molecule has 2 rings (SSSR count). The molecule has 1 saturated heterocycles. The molecule has 1 heterocycles. The van der Waals surface area contributed by atoms with Crippen molar-refractivity contribution in [1.82, 2.24) is 10.6 Å². The minimum atomic E-state index is -0.504. The predicted molar refractivity (Wildman–Crippen MR) is 99.9 cm³/mol. The Labute approximate surface area is 151 Å². The van der Waals surface area contributed by atoms with Crippen LogP contribution in [-0.2, 0) is 16.0 Å². The van der Waals surface area contributed by atoms with Crippen LogP contribution in [0.15, 0.2) is 24.3 Å². The van der Waals surface area contributed by atoms with Crippen LogP contribution in [0.1, 0.15) is 32.3 Å². The average molecular weight is 348 g/mol. The third-order valence-corrected chi connectivity index (χ3v) is 5.18. The first-order chi connectivity index (χ1) is 11.9. The van der Waals surface area contributed by atoms with Gasteiger partial charge in [-0.1, -0.05) is 32.0 Å². The highest BCUT2D eigenvalue weighted by Gasteiger charge is 2.35. The second-order valence-corrected chi connectivity index (χ2v) is 7.74. The van der Waals surface area contributed by atoms with Crippen molar-refractivity contribution in [2.75, 3.05) is 40.5 Å². The summed E-state index contributed by atoms with van der Waals surface area (Å²) in [7, 11) is 3.40. The van der Waals surface area contributed by atoms with Crippen molar-refractivity contribution in [2.45, 2.75) is 33.1 Å². The van der Waals surface area contributed by atoms with Crippen LogP contribution in [0.5, 0.6) is 5.75 Å². The quantitative estimate of drug-likeness (QED) is 0.757. The van der Waals surface area contributed by atoms with Crippen LogP contribution >= 0.6 is 0 Å². The molecule has 1 aromatic rings. The van der Waals surface area contributed by atoms with Gasteiger partial charge in [-0.3, -0.25) is 4.79 Å². The molecule has 0 saturated carbocycles. The van der Waals surface area contributed by atoms with E-state index in [2.05, 4.69) is 10.6 Å². The molecule has 0 aliphatic carbocycles. The molecule has 1 aromatic carbocycles. The molecule has 1 aliphatic rings. The second-order valence-electron chi connectivity index (χ2n) is 7.74. The number of carbonyl (C=O) groups excluding carboxylic acids is 1. The van der Waals surface area contributed by atoms with Crippen molar-refractivity contribution in [3.63, 3.8) is 0 Å². The second kappa shape index (κ2) is 8.68. The standard InChI is InChI=1S/C20H32N2O3/c1-19(2,13-16-7-5-6-8-17(16)25-4)18(23)22-14-20(15-24-3)9-11-21-12-10-20/h5-8,21H,9-15H2,1-4H3,(H,22,23). The third kappa shape index (κ3) is 5.19. The summed E-state index contributed by atoms with van der Waals surface area (Å²) in [6.45, 7) is 7.27. The first-order valence-corrected chi connectivity index (χ1v) is 9.02. The van der Waals surface area contributed by atoms with Crippen molar-refractivity contribution in [2.24, 2.45) is 10.8 Å². The Morgan fingerprint density at radius 2 is 1.92 bits per heavy atom. The van der Waals surface area contributed by atoms with Gasteiger partial charge in [0.1, 0.15) is 5.75 Å². The number of rotatable bonds is 8. The van der Waals surface area contributed by atoms with Gasteiger partial charge in [-0.05, 0) is 44.0 Å². The molecule has 2 N–H and O–H groups in total. The van der Waals surface area contributed by atoms with Gasteiger partial charge in [0.25, 0.3) is 0 Å². The van der Waals surface area contributed by atoms with E-state index in [0.717, 1.165) is 37.2 Å². The van der Waals surface area contributed by atoms with Gasteiger partial charge in [0.2, 0.25) is 5.91 Å². The largest absolute Gasteiger partial charge is 0.496 e. The lowest BCUT2D eigenvalue weighted by atomic mass is 9.78. The fourth-order valence-corrected chi connectivity index (χ4v) is 3.55. The highest BCUT2D eigenvalue weighted by Crippen LogP contribution is 2.30. The SMILES string of the molecule is COCC1(CNC(=O)C(C)(C)Cc2ccccc2OC)CCNCC1. The van der Waals surface area contributed by atoms with E-state index >= 15 is 0 Å². The Hall–Kier alpha value is -1.59. The van der Waals surface area contributed by atoms with Gasteiger partial charge in [-0.25, -0.2) is 0 Å². The number of ether oxygens (including phenoxy) is 2. The van der Waals surface area contributed by atoms with Crippen LogP contribution in [-0.4, -0.2) is 46.4 Å². The Morgan fingerprint density at radius 3 is 2.56 bits per heavy atom. The zero-order chi connectivity index (χ0) is 18.3. The number of para-hydroxylation sites is 1. The number of nitrogens with one attached hydrogen (secondary N) is 2. The van der Waals surface area contributed by atoms with E-state index < -0.39 is 5.41 Å². The molecule has 1 fully saturated rings. The number of benzene rings is 1. The van der Waals surface area contributed by atoms with Crippen LogP contribution in [0, 0.1) is 10.8 Å². The van der Waals surface area contributed by atoms with Crippen molar-refractivity contribution in [3.8, 4) is 5.75 Å². The Morgan fingerprint density at radius 1 is 1.24 bits per heavy atom. The summed E-state index contributed by atoms with van der Waals surface area (Å²) in [5.74, 6) is 0.907. The van der Waals surface area contributed by atoms with Gasteiger partial charge in [0, 0.05) is 24.5 Å². The van der Waals surface area contributed by atoms with Gasteiger partial charge in [-0.15, -0.1) is 0 Å². The van der Waals surface area contributed by atoms with Crippen molar-refractivity contribution < 1.29 is 14.3 Å². The monoisotopic (exact) mass is 348 g/mol. The topological polar surface area (TPSA) is 59.6 Å². The molecular weight excluding hydrogens is 316 g/mol. The highest BCUT2D eigenvalue weighted by atomic mass is 16.5. The molecule has 1 aliphatic heterocycles. The van der Waals surface area contributed by atoms with Crippen molar-refractivity contribution in [1.29, 1.82) is 0 Å². The summed E-state index contributed by atoms with van der Waals surface area (Å²) < 4.78 is 10.9. The molecule has 25 heavy (non-hydrogen) atoms. The first kappa shape index (κ1) is 19.7. The van der Waals surface area contributed by atoms with Crippen molar-refractivity contribution in [3.05, 3.63) is 29.8 Å². The Kier molecular flexibility index (Phi) is 6.85. The lowest BCUT2D eigenvalue weighted by Crippen LogP contribution is -2.49. The molecule has 0 radical (unpaired) electrons. The molecule has 0 aromatic heterocycles. The van der Waals surface area contributed by atoms with Crippen LogP contribution in [0.25, 0.3) is 0 Å². The summed E-state index contributed by atoms with van der Waals surface area (Å²) >= 11 is 0. The molecule has 5 nitrogen and oxygen atoms in total. The van der Waals surface area contributed by atoms with Gasteiger partial charge in [-0.2, -0.15) is 0 Å². The van der Waals surface area contributed by atoms with E-state index in [9.17, 15) is 4.79 Å². The molecular formula is C20H32N2O3. The van der Waals surface area contributed by atoms with E-state index in [1.165, 1.54) is 0 Å². The van der Waals surface area contributed by atoms with Crippen molar-refractivity contribution >= 4 is 5.91 Å². The van der Waals surface area contributed by atoms with E-state index in [-0.39, 0.29) is 11.3 Å². The van der Waals surface area contributed by atoms with E-state index in [1.807, 2.05) is 38.1 Å². The molecule has 140 valence electrons. The minimum Gasteiger partial charge on any atom is -0.496 e. The Bertz CT molecular complexity index is 560. The number of hydrogen-bond acceptors (Lipinski definition) is 4. The molecule has 1 amide bonds. The zero-order valence-electron chi connectivity index (χ0n) is 16.0. The summed E-state index contributed by atoms with van der Waals surface area (Å²) in [5.41, 5.74) is 0.588.